The molecule has 0 amide bonds. The zero-order valence-electron chi connectivity index (χ0n) is 9.46. The molecular formula is C13H20O2. The number of carbonyl (C=O) groups is 1. The lowest BCUT2D eigenvalue weighted by Gasteiger charge is -2.36. The second kappa shape index (κ2) is 5.21. The molecule has 1 rings (SSSR count). The molecule has 15 heavy (non-hydrogen) atoms. The monoisotopic (exact) mass is 208 g/mol. The van der Waals surface area contributed by atoms with Crippen molar-refractivity contribution in [3.05, 3.63) is 0 Å². The lowest BCUT2D eigenvalue weighted by atomic mass is 9.67. The maximum absolute atomic E-state index is 11.4. The van der Waals surface area contributed by atoms with Gasteiger partial charge < -0.3 is 5.11 Å². The van der Waals surface area contributed by atoms with Crippen LogP contribution < -0.4 is 0 Å². The van der Waals surface area contributed by atoms with E-state index in [9.17, 15) is 9.90 Å². The molecule has 1 saturated carbocycles. The summed E-state index contributed by atoms with van der Waals surface area (Å²) in [7, 11) is 0. The van der Waals surface area contributed by atoms with Crippen LogP contribution in [0.15, 0.2) is 0 Å². The molecule has 2 unspecified atom stereocenters. The first-order chi connectivity index (χ1) is 7.10. The Balaban J connectivity index is 2.61. The fraction of sp³-hybridized carbons (Fsp3) is 0.769. The molecule has 1 aliphatic carbocycles. The highest BCUT2D eigenvalue weighted by Crippen LogP contribution is 2.43. The number of unbranched alkanes of at least 4 members (excludes halogenated alkanes) is 1. The summed E-state index contributed by atoms with van der Waals surface area (Å²) >= 11 is 0. The van der Waals surface area contributed by atoms with Crippen LogP contribution in [-0.2, 0) is 4.79 Å². The molecule has 0 saturated heterocycles. The van der Waals surface area contributed by atoms with E-state index in [1.807, 2.05) is 0 Å². The summed E-state index contributed by atoms with van der Waals surface area (Å²) in [5.41, 5.74) is -0.478. The van der Waals surface area contributed by atoms with Gasteiger partial charge in [-0.25, -0.2) is 0 Å². The average Bonchev–Trinajstić information content (AvgIpc) is 2.18. The van der Waals surface area contributed by atoms with Gasteiger partial charge >= 0.3 is 5.97 Å². The van der Waals surface area contributed by atoms with Gasteiger partial charge in [-0.1, -0.05) is 19.8 Å². The largest absolute Gasteiger partial charge is 0.481 e. The maximum Gasteiger partial charge on any atom is 0.309 e. The molecular weight excluding hydrogens is 188 g/mol. The molecule has 2 heteroatoms. The predicted octanol–water partition coefficient (Wildman–Crippen LogP) is 3.07. The van der Waals surface area contributed by atoms with Crippen LogP contribution >= 0.6 is 0 Å². The summed E-state index contributed by atoms with van der Waals surface area (Å²) in [6.07, 6.45) is 11.4. The first kappa shape index (κ1) is 12.1. The van der Waals surface area contributed by atoms with Crippen molar-refractivity contribution in [3.8, 4) is 12.3 Å². The molecule has 0 radical (unpaired) electrons. The Morgan fingerprint density at radius 1 is 1.67 bits per heavy atom. The summed E-state index contributed by atoms with van der Waals surface area (Å²) in [5.74, 6) is 2.50. The van der Waals surface area contributed by atoms with Crippen LogP contribution in [0.5, 0.6) is 0 Å². The van der Waals surface area contributed by atoms with E-state index in [4.69, 9.17) is 6.42 Å². The van der Waals surface area contributed by atoms with Gasteiger partial charge in [0.2, 0.25) is 0 Å². The van der Waals surface area contributed by atoms with Gasteiger partial charge in [0.05, 0.1) is 5.41 Å². The minimum Gasteiger partial charge on any atom is -0.481 e. The van der Waals surface area contributed by atoms with Crippen LogP contribution in [0.25, 0.3) is 0 Å². The lowest BCUT2D eigenvalue weighted by molar-refractivity contribution is -0.152. The molecule has 1 fully saturated rings. The highest BCUT2D eigenvalue weighted by molar-refractivity contribution is 5.74. The van der Waals surface area contributed by atoms with Gasteiger partial charge in [-0.2, -0.15) is 0 Å². The Kier molecular flexibility index (Phi) is 4.20. The zero-order chi connectivity index (χ0) is 11.3. The molecule has 2 nitrogen and oxygen atoms in total. The summed E-state index contributed by atoms with van der Waals surface area (Å²) in [5, 5.41) is 9.35. The Labute approximate surface area is 92.1 Å². The fourth-order valence-corrected chi connectivity index (χ4v) is 2.72. The van der Waals surface area contributed by atoms with Crippen LogP contribution in [0.3, 0.4) is 0 Å². The van der Waals surface area contributed by atoms with E-state index in [0.29, 0.717) is 12.3 Å². The van der Waals surface area contributed by atoms with Crippen LogP contribution in [-0.4, -0.2) is 11.1 Å². The van der Waals surface area contributed by atoms with Crippen molar-refractivity contribution in [2.75, 3.05) is 0 Å². The summed E-state index contributed by atoms with van der Waals surface area (Å²) in [6, 6.07) is 0. The quantitative estimate of drug-likeness (QED) is 0.569. The zero-order valence-corrected chi connectivity index (χ0v) is 9.46. The summed E-state index contributed by atoms with van der Waals surface area (Å²) in [4.78, 5) is 11.4. The van der Waals surface area contributed by atoms with Gasteiger partial charge in [-0.3, -0.25) is 4.79 Å². The number of terminal acetylenes is 1. The summed E-state index contributed by atoms with van der Waals surface area (Å²) in [6.45, 7) is 2.15. The second-order valence-electron chi connectivity index (χ2n) is 4.84. The molecule has 0 aromatic carbocycles. The molecule has 0 aromatic heterocycles. The first-order valence-electron chi connectivity index (χ1n) is 5.77. The molecule has 0 bridgehead atoms. The van der Waals surface area contributed by atoms with Gasteiger partial charge in [0.1, 0.15) is 0 Å². The van der Waals surface area contributed by atoms with Gasteiger partial charge in [-0.05, 0) is 31.6 Å². The van der Waals surface area contributed by atoms with Crippen LogP contribution in [0.2, 0.25) is 0 Å². The molecule has 2 atom stereocenters. The van der Waals surface area contributed by atoms with Gasteiger partial charge in [0.15, 0.2) is 0 Å². The smallest absolute Gasteiger partial charge is 0.309 e. The minimum absolute atomic E-state index is 0.478. The third-order valence-electron chi connectivity index (χ3n) is 3.52. The average molecular weight is 208 g/mol. The van der Waals surface area contributed by atoms with Crippen molar-refractivity contribution in [2.24, 2.45) is 11.3 Å². The molecule has 0 spiro atoms. The number of aliphatic carboxylic acids is 1. The first-order valence-corrected chi connectivity index (χ1v) is 5.77. The number of carboxylic acids is 1. The fourth-order valence-electron chi connectivity index (χ4n) is 2.72. The number of carboxylic acid groups (broad SMARTS) is 1. The SMILES string of the molecule is C#CCCCC1(C(=O)O)CCCC(C)C1. The third kappa shape index (κ3) is 2.99. The second-order valence-corrected chi connectivity index (χ2v) is 4.84. The van der Waals surface area contributed by atoms with Crippen molar-refractivity contribution in [1.29, 1.82) is 0 Å². The van der Waals surface area contributed by atoms with E-state index in [1.54, 1.807) is 0 Å². The van der Waals surface area contributed by atoms with Crippen molar-refractivity contribution < 1.29 is 9.90 Å². The van der Waals surface area contributed by atoms with Crippen LogP contribution in [0.4, 0.5) is 0 Å². The molecule has 0 heterocycles. The van der Waals surface area contributed by atoms with E-state index in [0.717, 1.165) is 32.1 Å². The summed E-state index contributed by atoms with van der Waals surface area (Å²) < 4.78 is 0. The molecule has 0 aliphatic heterocycles. The molecule has 1 N–H and O–H groups in total. The molecule has 84 valence electrons. The van der Waals surface area contributed by atoms with E-state index in [-0.39, 0.29) is 0 Å². The van der Waals surface area contributed by atoms with Crippen molar-refractivity contribution in [3.63, 3.8) is 0 Å². The Bertz CT molecular complexity index is 264. The molecule has 1 aliphatic rings. The highest BCUT2D eigenvalue weighted by Gasteiger charge is 2.40. The van der Waals surface area contributed by atoms with Crippen molar-refractivity contribution >= 4 is 5.97 Å². The number of rotatable bonds is 4. The normalized spacial score (nSPS) is 30.8. The minimum atomic E-state index is -0.619. The Morgan fingerprint density at radius 3 is 2.93 bits per heavy atom. The van der Waals surface area contributed by atoms with Gasteiger partial charge in [0.25, 0.3) is 0 Å². The number of hydrogen-bond acceptors (Lipinski definition) is 1. The maximum atomic E-state index is 11.4. The van der Waals surface area contributed by atoms with E-state index < -0.39 is 11.4 Å². The van der Waals surface area contributed by atoms with Gasteiger partial charge in [-0.15, -0.1) is 12.3 Å². The Morgan fingerprint density at radius 2 is 2.40 bits per heavy atom. The van der Waals surface area contributed by atoms with E-state index >= 15 is 0 Å². The molecule has 0 aromatic rings. The van der Waals surface area contributed by atoms with E-state index in [1.165, 1.54) is 6.42 Å². The van der Waals surface area contributed by atoms with Crippen molar-refractivity contribution in [1.82, 2.24) is 0 Å². The highest BCUT2D eigenvalue weighted by atomic mass is 16.4. The lowest BCUT2D eigenvalue weighted by Crippen LogP contribution is -2.35. The third-order valence-corrected chi connectivity index (χ3v) is 3.52. The van der Waals surface area contributed by atoms with Gasteiger partial charge in [0, 0.05) is 6.42 Å². The Hall–Kier alpha value is -0.970. The predicted molar refractivity (Wildman–Crippen MR) is 60.4 cm³/mol. The standard InChI is InChI=1S/C13H20O2/c1-3-4-5-8-13(12(14)15)9-6-7-11(2)10-13/h1,11H,4-10H2,2H3,(H,14,15). The topological polar surface area (TPSA) is 37.3 Å². The van der Waals surface area contributed by atoms with Crippen LogP contribution in [0, 0.1) is 23.7 Å². The van der Waals surface area contributed by atoms with E-state index in [2.05, 4.69) is 12.8 Å². The van der Waals surface area contributed by atoms with Crippen LogP contribution in [0.1, 0.15) is 51.9 Å². The van der Waals surface area contributed by atoms with Crippen molar-refractivity contribution in [2.45, 2.75) is 51.9 Å². The number of hydrogen-bond donors (Lipinski definition) is 1.